The van der Waals surface area contributed by atoms with E-state index in [-0.39, 0.29) is 26.6 Å². The summed E-state index contributed by atoms with van der Waals surface area (Å²) < 4.78 is 32.7. The lowest BCUT2D eigenvalue weighted by molar-refractivity contribution is 0.0602. The van der Waals surface area contributed by atoms with Crippen molar-refractivity contribution in [2.24, 2.45) is 10.8 Å². The van der Waals surface area contributed by atoms with Crippen LogP contribution in [-0.2, 0) is 14.8 Å². The van der Waals surface area contributed by atoms with E-state index in [9.17, 15) is 13.2 Å². The third-order valence-electron chi connectivity index (χ3n) is 4.95. The Labute approximate surface area is 141 Å². The maximum Gasteiger partial charge on any atom is 0.349 e. The van der Waals surface area contributed by atoms with Crippen molar-refractivity contribution < 1.29 is 17.9 Å². The summed E-state index contributed by atoms with van der Waals surface area (Å²) in [6.45, 7) is 7.11. The Kier molecular flexibility index (Phi) is 3.89. The molecule has 7 heteroatoms. The molecule has 5 nitrogen and oxygen atoms in total. The van der Waals surface area contributed by atoms with Crippen LogP contribution in [0.15, 0.2) is 16.3 Å². The fourth-order valence-corrected chi connectivity index (χ4v) is 7.64. The summed E-state index contributed by atoms with van der Waals surface area (Å²) in [7, 11) is -2.41. The van der Waals surface area contributed by atoms with Crippen molar-refractivity contribution in [3.63, 3.8) is 0 Å². The van der Waals surface area contributed by atoms with Gasteiger partial charge in [-0.15, -0.1) is 11.3 Å². The molecule has 0 N–H and O–H groups in total. The third-order valence-corrected chi connectivity index (χ3v) is 7.92. The van der Waals surface area contributed by atoms with Crippen molar-refractivity contribution in [1.82, 2.24) is 4.31 Å². The maximum absolute atomic E-state index is 13.2. The van der Waals surface area contributed by atoms with Gasteiger partial charge in [-0.3, -0.25) is 0 Å². The van der Waals surface area contributed by atoms with Crippen LogP contribution >= 0.6 is 11.3 Å². The lowest BCUT2D eigenvalue weighted by Crippen LogP contribution is -2.38. The number of carbonyl (C=O) groups excluding carboxylic acids is 1. The minimum Gasteiger partial charge on any atom is -0.465 e. The Balaban J connectivity index is 1.99. The lowest BCUT2D eigenvalue weighted by Gasteiger charge is -2.39. The highest BCUT2D eigenvalue weighted by Crippen LogP contribution is 2.53. The van der Waals surface area contributed by atoms with Crippen molar-refractivity contribution in [3.05, 3.63) is 16.3 Å². The molecule has 2 fully saturated rings. The molecular weight excluding hydrogens is 334 g/mol. The van der Waals surface area contributed by atoms with Crippen LogP contribution in [0.4, 0.5) is 0 Å². The molecule has 2 aliphatic rings. The second-order valence-corrected chi connectivity index (χ2v) is 10.6. The van der Waals surface area contributed by atoms with Gasteiger partial charge in [0.15, 0.2) is 0 Å². The van der Waals surface area contributed by atoms with Gasteiger partial charge in [0.25, 0.3) is 0 Å². The highest BCUT2D eigenvalue weighted by Gasteiger charge is 2.53. The number of ether oxygens (including phenoxy) is 1. The first-order valence-corrected chi connectivity index (χ1v) is 10.1. The van der Waals surface area contributed by atoms with Crippen LogP contribution in [0.1, 0.15) is 49.7 Å². The molecule has 2 unspecified atom stereocenters. The number of methoxy groups -OCH3 is 1. The van der Waals surface area contributed by atoms with Crippen molar-refractivity contribution in [3.8, 4) is 0 Å². The molecule has 1 saturated heterocycles. The molecule has 3 rings (SSSR count). The first-order valence-electron chi connectivity index (χ1n) is 7.76. The summed E-state index contributed by atoms with van der Waals surface area (Å²) in [6.07, 6.45) is 2.78. The van der Waals surface area contributed by atoms with E-state index in [2.05, 4.69) is 20.8 Å². The van der Waals surface area contributed by atoms with Gasteiger partial charge < -0.3 is 4.74 Å². The first kappa shape index (κ1) is 16.9. The fraction of sp³-hybridized carbons (Fsp3) is 0.688. The number of rotatable bonds is 3. The Morgan fingerprint density at radius 1 is 1.35 bits per heavy atom. The van der Waals surface area contributed by atoms with Crippen LogP contribution in [0.3, 0.4) is 0 Å². The molecule has 1 aliphatic heterocycles. The molecule has 23 heavy (non-hydrogen) atoms. The predicted molar refractivity (Wildman–Crippen MR) is 89.1 cm³/mol. The fourth-order valence-electron chi connectivity index (χ4n) is 4.56. The minimum absolute atomic E-state index is 0.0131. The minimum atomic E-state index is -3.68. The van der Waals surface area contributed by atoms with E-state index in [1.165, 1.54) is 13.2 Å². The molecule has 1 aliphatic carbocycles. The van der Waals surface area contributed by atoms with Crippen LogP contribution in [0.25, 0.3) is 0 Å². The standard InChI is InChI=1S/C16H23NO4S2/c1-15(2)7-11-8-16(3,9-15)10-17(11)23(19,20)12-5-6-22-13(12)14(18)21-4/h5-6,11H,7-10H2,1-4H3. The van der Waals surface area contributed by atoms with E-state index < -0.39 is 16.0 Å². The molecular formula is C16H23NO4S2. The van der Waals surface area contributed by atoms with Crippen molar-refractivity contribution in [2.45, 2.75) is 51.0 Å². The molecule has 128 valence electrons. The summed E-state index contributed by atoms with van der Waals surface area (Å²) in [5.41, 5.74) is 0.155. The van der Waals surface area contributed by atoms with Crippen molar-refractivity contribution in [1.29, 1.82) is 0 Å². The quantitative estimate of drug-likeness (QED) is 0.780. The zero-order valence-electron chi connectivity index (χ0n) is 14.0. The van der Waals surface area contributed by atoms with Gasteiger partial charge in [-0.2, -0.15) is 4.31 Å². The van der Waals surface area contributed by atoms with Crippen LogP contribution in [0.5, 0.6) is 0 Å². The predicted octanol–water partition coefficient (Wildman–Crippen LogP) is 3.12. The third kappa shape index (κ3) is 2.83. The van der Waals surface area contributed by atoms with E-state index in [0.29, 0.717) is 6.54 Å². The molecule has 0 aromatic carbocycles. The van der Waals surface area contributed by atoms with E-state index in [1.54, 1.807) is 9.69 Å². The summed E-state index contributed by atoms with van der Waals surface area (Å²) >= 11 is 1.11. The number of hydrogen-bond acceptors (Lipinski definition) is 5. The van der Waals surface area contributed by atoms with Crippen molar-refractivity contribution in [2.75, 3.05) is 13.7 Å². The number of nitrogens with zero attached hydrogens (tertiary/aromatic N) is 1. The van der Waals surface area contributed by atoms with Crippen LogP contribution in [-0.4, -0.2) is 38.4 Å². The Morgan fingerprint density at radius 3 is 2.70 bits per heavy atom. The van der Waals surface area contributed by atoms with E-state index in [4.69, 9.17) is 4.74 Å². The number of esters is 1. The highest BCUT2D eigenvalue weighted by molar-refractivity contribution is 7.89. The number of thiophene rings is 1. The number of hydrogen-bond donors (Lipinski definition) is 0. The van der Waals surface area contributed by atoms with Crippen LogP contribution in [0.2, 0.25) is 0 Å². The van der Waals surface area contributed by atoms with Gasteiger partial charge in [0.05, 0.1) is 7.11 Å². The largest absolute Gasteiger partial charge is 0.465 e. The Hall–Kier alpha value is -0.920. The van der Waals surface area contributed by atoms with E-state index in [1.807, 2.05) is 0 Å². The zero-order valence-corrected chi connectivity index (χ0v) is 15.6. The van der Waals surface area contributed by atoms with Gasteiger partial charge in [-0.25, -0.2) is 13.2 Å². The summed E-state index contributed by atoms with van der Waals surface area (Å²) in [4.78, 5) is 12.1. The van der Waals surface area contributed by atoms with Gasteiger partial charge in [0.1, 0.15) is 9.77 Å². The molecule has 0 spiro atoms. The first-order chi connectivity index (χ1) is 10.6. The van der Waals surface area contributed by atoms with Crippen molar-refractivity contribution >= 4 is 27.3 Å². The average Bonchev–Trinajstić information content (AvgIpc) is 3.00. The number of carbonyl (C=O) groups is 1. The molecule has 2 atom stereocenters. The molecule has 1 saturated carbocycles. The van der Waals surface area contributed by atoms with Gasteiger partial charge >= 0.3 is 5.97 Å². The van der Waals surface area contributed by atoms with Gasteiger partial charge in [-0.1, -0.05) is 20.8 Å². The second kappa shape index (κ2) is 5.29. The van der Waals surface area contributed by atoms with Crippen LogP contribution < -0.4 is 0 Å². The second-order valence-electron chi connectivity index (χ2n) is 7.87. The molecule has 1 aromatic rings. The smallest absolute Gasteiger partial charge is 0.349 e. The molecule has 1 aromatic heterocycles. The lowest BCUT2D eigenvalue weighted by atomic mass is 9.65. The normalized spacial score (nSPS) is 30.3. The van der Waals surface area contributed by atoms with E-state index >= 15 is 0 Å². The average molecular weight is 357 g/mol. The zero-order chi connectivity index (χ0) is 17.0. The van der Waals surface area contributed by atoms with Gasteiger partial charge in [0, 0.05) is 12.6 Å². The Bertz CT molecular complexity index is 737. The van der Waals surface area contributed by atoms with Gasteiger partial charge in [0.2, 0.25) is 10.0 Å². The maximum atomic E-state index is 13.2. The van der Waals surface area contributed by atoms with Gasteiger partial charge in [-0.05, 0) is 41.5 Å². The summed E-state index contributed by atoms with van der Waals surface area (Å²) in [6, 6.07) is 1.53. The monoisotopic (exact) mass is 357 g/mol. The summed E-state index contributed by atoms with van der Waals surface area (Å²) in [5, 5.41) is 1.63. The number of sulfonamides is 1. The highest BCUT2D eigenvalue weighted by atomic mass is 32.2. The number of fused-ring (bicyclic) bond motifs is 2. The van der Waals surface area contributed by atoms with Crippen LogP contribution in [0, 0.1) is 10.8 Å². The molecule has 2 heterocycles. The molecule has 0 amide bonds. The SMILES string of the molecule is COC(=O)c1sccc1S(=O)(=O)N1CC2(C)CC1CC(C)(C)C2. The topological polar surface area (TPSA) is 63.7 Å². The molecule has 0 radical (unpaired) electrons. The summed E-state index contributed by atoms with van der Waals surface area (Å²) in [5.74, 6) is -0.590. The molecule has 2 bridgehead atoms. The Morgan fingerprint density at radius 2 is 2.04 bits per heavy atom. The van der Waals surface area contributed by atoms with E-state index in [0.717, 1.165) is 30.6 Å².